The molecule has 1 unspecified atom stereocenters. The first-order chi connectivity index (χ1) is 7.58. The first-order valence-electron chi connectivity index (χ1n) is 7.58. The van der Waals surface area contributed by atoms with E-state index in [2.05, 4.69) is 27.7 Å². The van der Waals surface area contributed by atoms with Gasteiger partial charge < -0.3 is 0 Å². The third-order valence-electron chi connectivity index (χ3n) is 4.50. The van der Waals surface area contributed by atoms with Crippen LogP contribution in [0.2, 0.25) is 0 Å². The minimum absolute atomic E-state index is 1.01. The van der Waals surface area contributed by atoms with E-state index in [9.17, 15) is 0 Å². The van der Waals surface area contributed by atoms with Crippen LogP contribution in [0.25, 0.3) is 0 Å². The Morgan fingerprint density at radius 1 is 0.500 bits per heavy atom. The Bertz CT molecular complexity index is 147. The van der Waals surface area contributed by atoms with Gasteiger partial charge in [-0.1, -0.05) is 72.6 Å². The van der Waals surface area contributed by atoms with Gasteiger partial charge in [0.25, 0.3) is 0 Å². The van der Waals surface area contributed by atoms with Gasteiger partial charge in [0.1, 0.15) is 0 Å². The first kappa shape index (κ1) is 14.1. The third-order valence-corrected chi connectivity index (χ3v) is 4.50. The smallest absolute Gasteiger partial charge is 0.0440 e. The zero-order valence-corrected chi connectivity index (χ0v) is 12.0. The van der Waals surface area contributed by atoms with E-state index >= 15 is 0 Å². The summed E-state index contributed by atoms with van der Waals surface area (Å²) >= 11 is 0. The highest BCUT2D eigenvalue weighted by molar-refractivity contribution is 4.66. The van der Waals surface area contributed by atoms with E-state index < -0.39 is 0 Å². The zero-order chi connectivity index (χ0) is 12.0. The molecule has 0 aliphatic heterocycles. The van der Waals surface area contributed by atoms with Crippen molar-refractivity contribution in [1.82, 2.24) is 0 Å². The molecule has 0 saturated heterocycles. The Hall–Kier alpha value is 0. The Balaban J connectivity index is 0.000000160. The molecule has 2 aliphatic rings. The zero-order valence-electron chi connectivity index (χ0n) is 12.0. The average Bonchev–Trinajstić information content (AvgIpc) is 2.23. The summed E-state index contributed by atoms with van der Waals surface area (Å²) in [6, 6.07) is 0. The molecule has 2 saturated carbocycles. The fourth-order valence-corrected chi connectivity index (χ4v) is 3.16. The lowest BCUT2D eigenvalue weighted by Gasteiger charge is -2.22. The third kappa shape index (κ3) is 5.92. The average molecular weight is 224 g/mol. The van der Waals surface area contributed by atoms with Gasteiger partial charge in [0.2, 0.25) is 0 Å². The molecule has 2 aliphatic carbocycles. The summed E-state index contributed by atoms with van der Waals surface area (Å²) in [6.45, 7) is 9.48. The fourth-order valence-electron chi connectivity index (χ4n) is 3.16. The van der Waals surface area contributed by atoms with Crippen molar-refractivity contribution in [3.05, 3.63) is 0 Å². The molecule has 0 nitrogen and oxygen atoms in total. The Labute approximate surface area is 103 Å². The summed E-state index contributed by atoms with van der Waals surface area (Å²) in [5.74, 6) is 4.06. The van der Waals surface area contributed by atoms with Gasteiger partial charge in [0.05, 0.1) is 0 Å². The van der Waals surface area contributed by atoms with Crippen LogP contribution >= 0.6 is 0 Å². The second-order valence-electron chi connectivity index (χ2n) is 6.74. The predicted molar refractivity (Wildman–Crippen MR) is 73.6 cm³/mol. The number of hydrogen-bond donors (Lipinski definition) is 0. The van der Waals surface area contributed by atoms with Gasteiger partial charge >= 0.3 is 0 Å². The van der Waals surface area contributed by atoms with Crippen LogP contribution < -0.4 is 0 Å². The fraction of sp³-hybridized carbons (Fsp3) is 1.00. The second kappa shape index (κ2) is 7.35. The molecule has 0 aromatic rings. The molecular weight excluding hydrogens is 192 g/mol. The second-order valence-corrected chi connectivity index (χ2v) is 6.74. The van der Waals surface area contributed by atoms with Crippen molar-refractivity contribution in [3.8, 4) is 0 Å². The topological polar surface area (TPSA) is 0 Å². The number of hydrogen-bond acceptors (Lipinski definition) is 0. The maximum absolute atomic E-state index is 2.37. The van der Waals surface area contributed by atoms with Crippen LogP contribution in [0.1, 0.15) is 79.1 Å². The first-order valence-corrected chi connectivity index (χ1v) is 7.58. The highest BCUT2D eigenvalue weighted by atomic mass is 14.2. The van der Waals surface area contributed by atoms with E-state index in [1.165, 1.54) is 51.4 Å². The lowest BCUT2D eigenvalue weighted by atomic mass is 9.84. The molecule has 2 rings (SSSR count). The molecule has 0 amide bonds. The van der Waals surface area contributed by atoms with Gasteiger partial charge in [-0.05, 0) is 30.1 Å². The molecule has 2 atom stereocenters. The SMILES string of the molecule is CC1CCC(C)CC1.CC1CCC[C@@H](C)C1. The van der Waals surface area contributed by atoms with Crippen molar-refractivity contribution in [2.45, 2.75) is 79.1 Å². The van der Waals surface area contributed by atoms with Crippen molar-refractivity contribution < 1.29 is 0 Å². The standard InChI is InChI=1S/2C8H16/c1-7-3-5-8(2)6-4-7;1-7-4-3-5-8(2)6-7/h2*7-8H,3-6H2,1-2H3/t;7-,8?/m.1/s1. The van der Waals surface area contributed by atoms with Crippen molar-refractivity contribution in [2.75, 3.05) is 0 Å². The van der Waals surface area contributed by atoms with E-state index in [1.807, 2.05) is 0 Å². The molecule has 96 valence electrons. The molecular formula is C16H32. The summed E-state index contributed by atoms with van der Waals surface area (Å²) in [5, 5.41) is 0. The maximum atomic E-state index is 2.37. The Kier molecular flexibility index (Phi) is 6.46. The van der Waals surface area contributed by atoms with Crippen LogP contribution in [0.3, 0.4) is 0 Å². The molecule has 2 fully saturated rings. The molecule has 0 bridgehead atoms. The van der Waals surface area contributed by atoms with E-state index in [4.69, 9.17) is 0 Å². The molecule has 0 aromatic heterocycles. The molecule has 0 N–H and O–H groups in total. The van der Waals surface area contributed by atoms with Crippen LogP contribution in [-0.4, -0.2) is 0 Å². The van der Waals surface area contributed by atoms with Crippen molar-refractivity contribution in [2.24, 2.45) is 23.7 Å². The van der Waals surface area contributed by atoms with Crippen molar-refractivity contribution in [1.29, 1.82) is 0 Å². The normalized spacial score (nSPS) is 39.8. The number of rotatable bonds is 0. The van der Waals surface area contributed by atoms with Crippen molar-refractivity contribution in [3.63, 3.8) is 0 Å². The van der Waals surface area contributed by atoms with Gasteiger partial charge in [0.15, 0.2) is 0 Å². The van der Waals surface area contributed by atoms with Crippen LogP contribution in [0, 0.1) is 23.7 Å². The Morgan fingerprint density at radius 3 is 1.12 bits per heavy atom. The van der Waals surface area contributed by atoms with Gasteiger partial charge in [-0.2, -0.15) is 0 Å². The molecule has 16 heavy (non-hydrogen) atoms. The molecule has 0 radical (unpaired) electrons. The maximum Gasteiger partial charge on any atom is -0.0440 e. The molecule has 0 spiro atoms. The van der Waals surface area contributed by atoms with Crippen LogP contribution in [0.15, 0.2) is 0 Å². The predicted octanol–water partition coefficient (Wildman–Crippen LogP) is 5.67. The van der Waals surface area contributed by atoms with Gasteiger partial charge in [-0.3, -0.25) is 0 Å². The molecule has 0 aromatic carbocycles. The summed E-state index contributed by atoms with van der Waals surface area (Å²) in [5.41, 5.74) is 0. The largest absolute Gasteiger partial charge is 0.0625 e. The highest BCUT2D eigenvalue weighted by Crippen LogP contribution is 2.28. The monoisotopic (exact) mass is 224 g/mol. The van der Waals surface area contributed by atoms with Crippen LogP contribution in [0.5, 0.6) is 0 Å². The van der Waals surface area contributed by atoms with E-state index in [1.54, 1.807) is 0 Å². The summed E-state index contributed by atoms with van der Waals surface area (Å²) in [4.78, 5) is 0. The lowest BCUT2D eigenvalue weighted by Crippen LogP contribution is -2.09. The molecule has 0 heterocycles. The quantitative estimate of drug-likeness (QED) is 0.497. The van der Waals surface area contributed by atoms with Gasteiger partial charge in [-0.25, -0.2) is 0 Å². The van der Waals surface area contributed by atoms with Gasteiger partial charge in [0, 0.05) is 0 Å². The summed E-state index contributed by atoms with van der Waals surface area (Å²) < 4.78 is 0. The van der Waals surface area contributed by atoms with E-state index in [0.717, 1.165) is 23.7 Å². The lowest BCUT2D eigenvalue weighted by molar-refractivity contribution is 0.301. The summed E-state index contributed by atoms with van der Waals surface area (Å²) in [6.07, 6.45) is 11.8. The minimum atomic E-state index is 1.01. The molecule has 0 heteroatoms. The van der Waals surface area contributed by atoms with Crippen LogP contribution in [0.4, 0.5) is 0 Å². The van der Waals surface area contributed by atoms with E-state index in [-0.39, 0.29) is 0 Å². The Morgan fingerprint density at radius 2 is 0.875 bits per heavy atom. The summed E-state index contributed by atoms with van der Waals surface area (Å²) in [7, 11) is 0. The van der Waals surface area contributed by atoms with Gasteiger partial charge in [-0.15, -0.1) is 0 Å². The highest BCUT2D eigenvalue weighted by Gasteiger charge is 2.14. The van der Waals surface area contributed by atoms with E-state index in [0.29, 0.717) is 0 Å². The van der Waals surface area contributed by atoms with Crippen LogP contribution in [-0.2, 0) is 0 Å². The van der Waals surface area contributed by atoms with Crippen molar-refractivity contribution >= 4 is 0 Å². The minimum Gasteiger partial charge on any atom is -0.0625 e.